The molecule has 0 aliphatic rings. The fraction of sp³-hybridized carbons (Fsp3) is 0.0625. The largest absolute Gasteiger partial charge is 0.319 e. The molecule has 0 unspecified atom stereocenters. The molecule has 2 nitrogen and oxygen atoms in total. The molecule has 3 heteroatoms. The Morgan fingerprint density at radius 2 is 1.37 bits per heavy atom. The van der Waals surface area contributed by atoms with E-state index >= 15 is 0 Å². The normalized spacial score (nSPS) is 10.6. The van der Waals surface area contributed by atoms with Gasteiger partial charge in [-0.1, -0.05) is 72.0 Å². The van der Waals surface area contributed by atoms with Crippen LogP contribution in [-0.2, 0) is 7.05 Å². The van der Waals surface area contributed by atoms with E-state index in [4.69, 9.17) is 5.41 Å². The molecule has 0 saturated heterocycles. The molecule has 0 aliphatic carbocycles. The van der Waals surface area contributed by atoms with Crippen LogP contribution in [0.1, 0.15) is 0 Å². The minimum Gasteiger partial charge on any atom is -0.319 e. The van der Waals surface area contributed by atoms with E-state index in [1.807, 2.05) is 48.0 Å². The Hall–Kier alpha value is -2.13. The second-order valence-electron chi connectivity index (χ2n) is 4.38. The summed E-state index contributed by atoms with van der Waals surface area (Å²) in [4.78, 5) is 1.72. The van der Waals surface area contributed by atoms with Crippen molar-refractivity contribution in [1.82, 2.24) is 4.57 Å². The zero-order chi connectivity index (χ0) is 13.2. The maximum atomic E-state index is 8.06. The van der Waals surface area contributed by atoms with Gasteiger partial charge in [-0.3, -0.25) is 5.41 Å². The highest BCUT2D eigenvalue weighted by molar-refractivity contribution is 7.13. The number of hydrogen-bond donors (Lipinski definition) is 1. The summed E-state index contributed by atoms with van der Waals surface area (Å²) < 4.78 is 1.95. The zero-order valence-electron chi connectivity index (χ0n) is 10.6. The van der Waals surface area contributed by atoms with Crippen molar-refractivity contribution in [3.05, 3.63) is 65.5 Å². The molecular formula is C16H14N2S. The zero-order valence-corrected chi connectivity index (χ0v) is 11.4. The summed E-state index contributed by atoms with van der Waals surface area (Å²) in [5.41, 5.74) is 3.43. The highest BCUT2D eigenvalue weighted by Crippen LogP contribution is 2.33. The molecule has 2 aromatic carbocycles. The molecule has 1 aromatic heterocycles. The van der Waals surface area contributed by atoms with Crippen LogP contribution in [0.25, 0.3) is 21.7 Å². The number of thiazole rings is 1. The SMILES string of the molecule is Cn1c(-c2ccccc2)c(-c2ccccc2)sc1=N. The van der Waals surface area contributed by atoms with Gasteiger partial charge in [0.2, 0.25) is 0 Å². The Morgan fingerprint density at radius 3 is 1.95 bits per heavy atom. The maximum absolute atomic E-state index is 8.06. The number of aromatic nitrogens is 1. The summed E-state index contributed by atoms with van der Waals surface area (Å²) in [5.74, 6) is 0. The molecule has 0 bridgehead atoms. The molecule has 1 N–H and O–H groups in total. The summed E-state index contributed by atoms with van der Waals surface area (Å²) in [6.45, 7) is 0. The van der Waals surface area contributed by atoms with Crippen molar-refractivity contribution in [3.63, 3.8) is 0 Å². The van der Waals surface area contributed by atoms with Crippen molar-refractivity contribution in [3.8, 4) is 21.7 Å². The van der Waals surface area contributed by atoms with Gasteiger partial charge in [-0.05, 0) is 11.1 Å². The first-order valence-electron chi connectivity index (χ1n) is 6.12. The second kappa shape index (κ2) is 4.86. The van der Waals surface area contributed by atoms with Gasteiger partial charge in [-0.25, -0.2) is 0 Å². The van der Waals surface area contributed by atoms with Gasteiger partial charge < -0.3 is 4.57 Å². The summed E-state index contributed by atoms with van der Waals surface area (Å²) in [6.07, 6.45) is 0. The van der Waals surface area contributed by atoms with E-state index in [0.29, 0.717) is 4.80 Å². The van der Waals surface area contributed by atoms with Crippen LogP contribution >= 0.6 is 11.3 Å². The lowest BCUT2D eigenvalue weighted by Crippen LogP contribution is -2.08. The van der Waals surface area contributed by atoms with Crippen LogP contribution in [0.5, 0.6) is 0 Å². The maximum Gasteiger partial charge on any atom is 0.182 e. The van der Waals surface area contributed by atoms with E-state index in [1.165, 1.54) is 16.9 Å². The summed E-state index contributed by atoms with van der Waals surface area (Å²) in [6, 6.07) is 20.5. The van der Waals surface area contributed by atoms with Gasteiger partial charge >= 0.3 is 0 Å². The third-order valence-corrected chi connectivity index (χ3v) is 4.24. The average molecular weight is 266 g/mol. The fourth-order valence-corrected chi connectivity index (χ4v) is 3.20. The summed E-state index contributed by atoms with van der Waals surface area (Å²) >= 11 is 1.52. The monoisotopic (exact) mass is 266 g/mol. The molecule has 0 amide bonds. The van der Waals surface area contributed by atoms with Crippen LogP contribution in [0.2, 0.25) is 0 Å². The summed E-state index contributed by atoms with van der Waals surface area (Å²) in [7, 11) is 1.95. The molecule has 0 radical (unpaired) electrons. The molecule has 94 valence electrons. The van der Waals surface area contributed by atoms with E-state index < -0.39 is 0 Å². The number of rotatable bonds is 2. The van der Waals surface area contributed by atoms with Crippen molar-refractivity contribution in [2.75, 3.05) is 0 Å². The third-order valence-electron chi connectivity index (χ3n) is 3.14. The van der Waals surface area contributed by atoms with E-state index in [-0.39, 0.29) is 0 Å². The molecule has 3 aromatic rings. The standard InChI is InChI=1S/C16H14N2S/c1-18-14(12-8-4-2-5-9-12)15(19-16(18)17)13-10-6-3-7-11-13/h2-11,17H,1H3. The molecular weight excluding hydrogens is 252 g/mol. The molecule has 3 rings (SSSR count). The fourth-order valence-electron chi connectivity index (χ4n) is 2.17. The first-order valence-corrected chi connectivity index (χ1v) is 6.94. The third kappa shape index (κ3) is 2.13. The number of nitrogens with one attached hydrogen (secondary N) is 1. The van der Waals surface area contributed by atoms with Crippen LogP contribution in [0.15, 0.2) is 60.7 Å². The van der Waals surface area contributed by atoms with Crippen molar-refractivity contribution in [2.45, 2.75) is 0 Å². The van der Waals surface area contributed by atoms with Crippen LogP contribution < -0.4 is 4.80 Å². The van der Waals surface area contributed by atoms with Gasteiger partial charge in [0.1, 0.15) is 0 Å². The molecule has 0 saturated carbocycles. The van der Waals surface area contributed by atoms with E-state index in [1.54, 1.807) is 0 Å². The Labute approximate surface area is 116 Å². The molecule has 0 spiro atoms. The molecule has 0 aliphatic heterocycles. The van der Waals surface area contributed by atoms with Gasteiger partial charge in [-0.15, -0.1) is 0 Å². The minimum atomic E-state index is 0.567. The Balaban J connectivity index is 2.28. The van der Waals surface area contributed by atoms with Crippen molar-refractivity contribution in [1.29, 1.82) is 5.41 Å². The number of nitrogens with zero attached hydrogens (tertiary/aromatic N) is 1. The minimum absolute atomic E-state index is 0.567. The van der Waals surface area contributed by atoms with Crippen molar-refractivity contribution < 1.29 is 0 Å². The van der Waals surface area contributed by atoms with Crippen molar-refractivity contribution >= 4 is 11.3 Å². The number of benzene rings is 2. The first-order chi connectivity index (χ1) is 9.27. The van der Waals surface area contributed by atoms with Crippen LogP contribution in [0, 0.1) is 5.41 Å². The second-order valence-corrected chi connectivity index (χ2v) is 5.38. The Morgan fingerprint density at radius 1 is 0.842 bits per heavy atom. The van der Waals surface area contributed by atoms with Gasteiger partial charge in [-0.2, -0.15) is 0 Å². The lowest BCUT2D eigenvalue weighted by atomic mass is 10.1. The smallest absolute Gasteiger partial charge is 0.182 e. The highest BCUT2D eigenvalue weighted by Gasteiger charge is 2.13. The predicted molar refractivity (Wildman–Crippen MR) is 80.0 cm³/mol. The lowest BCUT2D eigenvalue weighted by Gasteiger charge is -2.06. The van der Waals surface area contributed by atoms with E-state index in [9.17, 15) is 0 Å². The van der Waals surface area contributed by atoms with Gasteiger partial charge in [0.15, 0.2) is 4.80 Å². The Kier molecular flexibility index (Phi) is 3.05. The molecule has 1 heterocycles. The number of hydrogen-bond acceptors (Lipinski definition) is 2. The molecule has 0 fully saturated rings. The van der Waals surface area contributed by atoms with Crippen LogP contribution in [-0.4, -0.2) is 4.57 Å². The first kappa shape index (κ1) is 11.9. The van der Waals surface area contributed by atoms with E-state index in [0.717, 1.165) is 16.1 Å². The predicted octanol–water partition coefficient (Wildman–Crippen LogP) is 3.90. The van der Waals surface area contributed by atoms with Gasteiger partial charge in [0.25, 0.3) is 0 Å². The van der Waals surface area contributed by atoms with Gasteiger partial charge in [0.05, 0.1) is 10.6 Å². The highest BCUT2D eigenvalue weighted by atomic mass is 32.1. The van der Waals surface area contributed by atoms with E-state index in [2.05, 4.69) is 24.3 Å². The van der Waals surface area contributed by atoms with Crippen LogP contribution in [0.4, 0.5) is 0 Å². The summed E-state index contributed by atoms with van der Waals surface area (Å²) in [5, 5.41) is 8.06. The Bertz CT molecular complexity index is 739. The van der Waals surface area contributed by atoms with Crippen molar-refractivity contribution in [2.24, 2.45) is 7.05 Å². The van der Waals surface area contributed by atoms with Crippen LogP contribution in [0.3, 0.4) is 0 Å². The molecule has 19 heavy (non-hydrogen) atoms. The molecule has 0 atom stereocenters. The van der Waals surface area contributed by atoms with Gasteiger partial charge in [0, 0.05) is 7.05 Å². The topological polar surface area (TPSA) is 28.8 Å². The quantitative estimate of drug-likeness (QED) is 0.729. The lowest BCUT2D eigenvalue weighted by molar-refractivity contribution is 0.867. The average Bonchev–Trinajstić information content (AvgIpc) is 2.77.